The van der Waals surface area contributed by atoms with E-state index < -0.39 is 5.97 Å². The molecule has 0 aliphatic heterocycles. The quantitative estimate of drug-likeness (QED) is 0.813. The number of aromatic hydroxyl groups is 1. The first-order valence-corrected chi connectivity index (χ1v) is 7.26. The average Bonchev–Trinajstić information content (AvgIpc) is 2.48. The smallest absolute Gasteiger partial charge is 0.360 e. The van der Waals surface area contributed by atoms with Crippen LogP contribution in [0.5, 0.6) is 17.2 Å². The number of rotatable bonds is 5. The molecule has 0 radical (unpaired) electrons. The molecule has 0 aliphatic rings. The van der Waals surface area contributed by atoms with Gasteiger partial charge in [0.1, 0.15) is 5.75 Å². The molecule has 2 rings (SSSR count). The molecule has 0 bridgehead atoms. The molecule has 7 heteroatoms. The maximum absolute atomic E-state index is 12.0. The molecule has 1 aromatic carbocycles. The van der Waals surface area contributed by atoms with Gasteiger partial charge in [0, 0.05) is 18.3 Å². The minimum Gasteiger partial charge on any atom is -0.508 e. The third-order valence-electron chi connectivity index (χ3n) is 2.60. The van der Waals surface area contributed by atoms with E-state index in [0.717, 1.165) is 0 Å². The molecule has 2 aromatic rings. The van der Waals surface area contributed by atoms with Crippen molar-refractivity contribution in [1.82, 2.24) is 4.98 Å². The van der Waals surface area contributed by atoms with E-state index in [-0.39, 0.29) is 39.6 Å². The highest BCUT2D eigenvalue weighted by molar-refractivity contribution is 6.37. The van der Waals surface area contributed by atoms with E-state index in [9.17, 15) is 9.90 Å². The van der Waals surface area contributed by atoms with Gasteiger partial charge in [0.05, 0.1) is 16.7 Å². The Morgan fingerprint density at radius 3 is 2.64 bits per heavy atom. The summed E-state index contributed by atoms with van der Waals surface area (Å²) in [5, 5.41) is 9.64. The standard InChI is InChI=1S/C15H13Cl2NO4/c1-2-6-21-15(20)13-12(4-3-5-18-13)22-14-10(16)7-9(19)8-11(14)17/h3-5,7-8,19H,2,6H2,1H3. The fourth-order valence-corrected chi connectivity index (χ4v) is 2.20. The summed E-state index contributed by atoms with van der Waals surface area (Å²) in [6.45, 7) is 2.18. The number of nitrogens with zero attached hydrogens (tertiary/aromatic N) is 1. The summed E-state index contributed by atoms with van der Waals surface area (Å²) in [6, 6.07) is 5.73. The summed E-state index contributed by atoms with van der Waals surface area (Å²) in [7, 11) is 0. The Labute approximate surface area is 137 Å². The fraction of sp³-hybridized carbons (Fsp3) is 0.200. The third-order valence-corrected chi connectivity index (χ3v) is 3.16. The van der Waals surface area contributed by atoms with E-state index >= 15 is 0 Å². The van der Waals surface area contributed by atoms with E-state index in [1.807, 2.05) is 6.92 Å². The molecule has 5 nitrogen and oxygen atoms in total. The van der Waals surface area contributed by atoms with Crippen LogP contribution in [0, 0.1) is 0 Å². The van der Waals surface area contributed by atoms with Gasteiger partial charge in [-0.3, -0.25) is 0 Å². The lowest BCUT2D eigenvalue weighted by molar-refractivity contribution is 0.0495. The van der Waals surface area contributed by atoms with Crippen molar-refractivity contribution in [3.8, 4) is 17.2 Å². The Kier molecular flexibility index (Phi) is 5.46. The number of halogens is 2. The summed E-state index contributed by atoms with van der Waals surface area (Å²) < 4.78 is 10.6. The molecule has 0 saturated heterocycles. The minimum atomic E-state index is -0.594. The van der Waals surface area contributed by atoms with Gasteiger partial charge >= 0.3 is 5.97 Å². The molecule has 0 fully saturated rings. The second-order valence-corrected chi connectivity index (χ2v) is 5.14. The monoisotopic (exact) mass is 341 g/mol. The molecule has 22 heavy (non-hydrogen) atoms. The molecule has 0 aliphatic carbocycles. The van der Waals surface area contributed by atoms with Crippen molar-refractivity contribution in [3.05, 3.63) is 46.2 Å². The SMILES string of the molecule is CCCOC(=O)c1ncccc1Oc1c(Cl)cc(O)cc1Cl. The van der Waals surface area contributed by atoms with Gasteiger partial charge in [-0.15, -0.1) is 0 Å². The number of ether oxygens (including phenoxy) is 2. The van der Waals surface area contributed by atoms with Crippen LogP contribution in [0.15, 0.2) is 30.5 Å². The van der Waals surface area contributed by atoms with Crippen LogP contribution in [-0.4, -0.2) is 22.7 Å². The van der Waals surface area contributed by atoms with Crippen LogP contribution >= 0.6 is 23.2 Å². The number of esters is 1. The summed E-state index contributed by atoms with van der Waals surface area (Å²) in [6.07, 6.45) is 2.15. The molecular formula is C15H13Cl2NO4. The van der Waals surface area contributed by atoms with Crippen molar-refractivity contribution in [3.63, 3.8) is 0 Å². The van der Waals surface area contributed by atoms with Crippen molar-refractivity contribution in [2.75, 3.05) is 6.61 Å². The maximum atomic E-state index is 12.0. The van der Waals surface area contributed by atoms with Crippen molar-refractivity contribution in [2.45, 2.75) is 13.3 Å². The van der Waals surface area contributed by atoms with Crippen molar-refractivity contribution in [1.29, 1.82) is 0 Å². The van der Waals surface area contributed by atoms with E-state index in [1.54, 1.807) is 12.1 Å². The second kappa shape index (κ2) is 7.33. The Hall–Kier alpha value is -1.98. The zero-order valence-electron chi connectivity index (χ0n) is 11.7. The van der Waals surface area contributed by atoms with Gasteiger partial charge in [-0.1, -0.05) is 30.1 Å². The third kappa shape index (κ3) is 3.81. The van der Waals surface area contributed by atoms with Crippen LogP contribution in [0.25, 0.3) is 0 Å². The van der Waals surface area contributed by atoms with Crippen molar-refractivity contribution in [2.24, 2.45) is 0 Å². The number of hydrogen-bond acceptors (Lipinski definition) is 5. The van der Waals surface area contributed by atoms with Gasteiger partial charge in [0.15, 0.2) is 17.2 Å². The molecule has 0 amide bonds. The first-order valence-electron chi connectivity index (χ1n) is 6.51. The number of hydrogen-bond donors (Lipinski definition) is 1. The number of carbonyl (C=O) groups is 1. The molecular weight excluding hydrogens is 329 g/mol. The predicted octanol–water partition coefficient (Wildman–Crippen LogP) is 4.45. The lowest BCUT2D eigenvalue weighted by atomic mass is 10.3. The molecule has 116 valence electrons. The first kappa shape index (κ1) is 16.4. The summed E-state index contributed by atoms with van der Waals surface area (Å²) >= 11 is 12.0. The van der Waals surface area contributed by atoms with Crippen molar-refractivity contribution < 1.29 is 19.4 Å². The van der Waals surface area contributed by atoms with Crippen molar-refractivity contribution >= 4 is 29.2 Å². The topological polar surface area (TPSA) is 68.7 Å². The largest absolute Gasteiger partial charge is 0.508 e. The zero-order valence-corrected chi connectivity index (χ0v) is 13.2. The molecule has 1 heterocycles. The number of aromatic nitrogens is 1. The van der Waals surface area contributed by atoms with E-state index in [1.165, 1.54) is 18.3 Å². The Morgan fingerprint density at radius 2 is 2.00 bits per heavy atom. The van der Waals surface area contributed by atoms with Crippen LogP contribution in [-0.2, 0) is 4.74 Å². The highest BCUT2D eigenvalue weighted by Crippen LogP contribution is 2.39. The van der Waals surface area contributed by atoms with Crippen LogP contribution in [0.3, 0.4) is 0 Å². The Morgan fingerprint density at radius 1 is 1.32 bits per heavy atom. The van der Waals surface area contributed by atoms with Gasteiger partial charge < -0.3 is 14.6 Å². The lowest BCUT2D eigenvalue weighted by Gasteiger charge is -2.12. The molecule has 0 unspecified atom stereocenters. The van der Waals surface area contributed by atoms with Gasteiger partial charge in [-0.25, -0.2) is 9.78 Å². The number of phenolic OH excluding ortho intramolecular Hbond substituents is 1. The summed E-state index contributed by atoms with van der Waals surface area (Å²) in [5.74, 6) is -0.392. The van der Waals surface area contributed by atoms with Gasteiger partial charge in [-0.05, 0) is 18.6 Å². The van der Waals surface area contributed by atoms with Gasteiger partial charge in [-0.2, -0.15) is 0 Å². The predicted molar refractivity (Wildman–Crippen MR) is 83.0 cm³/mol. The van der Waals surface area contributed by atoms with Gasteiger partial charge in [0.25, 0.3) is 0 Å². The van der Waals surface area contributed by atoms with Crippen LogP contribution in [0.2, 0.25) is 10.0 Å². The molecule has 1 N–H and O–H groups in total. The zero-order chi connectivity index (χ0) is 16.1. The fourth-order valence-electron chi connectivity index (χ4n) is 1.64. The van der Waals surface area contributed by atoms with E-state index in [0.29, 0.717) is 6.42 Å². The van der Waals surface area contributed by atoms with E-state index in [4.69, 9.17) is 32.7 Å². The molecule has 0 saturated carbocycles. The minimum absolute atomic E-state index is 0.0242. The summed E-state index contributed by atoms with van der Waals surface area (Å²) in [4.78, 5) is 15.9. The van der Waals surface area contributed by atoms with Crippen LogP contribution < -0.4 is 4.74 Å². The van der Waals surface area contributed by atoms with Crippen LogP contribution in [0.4, 0.5) is 0 Å². The Bertz CT molecular complexity index is 668. The highest BCUT2D eigenvalue weighted by Gasteiger charge is 2.18. The number of pyridine rings is 1. The molecule has 0 atom stereocenters. The van der Waals surface area contributed by atoms with Crippen LogP contribution in [0.1, 0.15) is 23.8 Å². The maximum Gasteiger partial charge on any atom is 0.360 e. The number of carbonyl (C=O) groups excluding carboxylic acids is 1. The number of benzene rings is 1. The summed E-state index contributed by atoms with van der Waals surface area (Å²) in [5.41, 5.74) is 0.0242. The van der Waals surface area contributed by atoms with Gasteiger partial charge in [0.2, 0.25) is 0 Å². The molecule has 1 aromatic heterocycles. The lowest BCUT2D eigenvalue weighted by Crippen LogP contribution is -2.09. The number of phenols is 1. The second-order valence-electron chi connectivity index (χ2n) is 4.33. The first-order chi connectivity index (χ1) is 10.5. The van der Waals surface area contributed by atoms with E-state index in [2.05, 4.69) is 4.98 Å². The highest BCUT2D eigenvalue weighted by atomic mass is 35.5. The Balaban J connectivity index is 2.33. The molecule has 0 spiro atoms. The average molecular weight is 342 g/mol. The normalized spacial score (nSPS) is 10.3.